The number of nitrogens with one attached hydrogen (secondary N) is 1. The van der Waals surface area contributed by atoms with Gasteiger partial charge in [0.05, 0.1) is 6.54 Å². The van der Waals surface area contributed by atoms with E-state index in [1.807, 2.05) is 0 Å². The van der Waals surface area contributed by atoms with Gasteiger partial charge in [-0.15, -0.1) is 0 Å². The van der Waals surface area contributed by atoms with E-state index in [2.05, 4.69) is 10.2 Å². The van der Waals surface area contributed by atoms with Crippen molar-refractivity contribution in [3.63, 3.8) is 0 Å². The van der Waals surface area contributed by atoms with Crippen LogP contribution in [0.4, 0.5) is 0 Å². The summed E-state index contributed by atoms with van der Waals surface area (Å²) in [5.41, 5.74) is 0. The summed E-state index contributed by atoms with van der Waals surface area (Å²) >= 11 is 0. The Bertz CT molecular complexity index is 334. The van der Waals surface area contributed by atoms with E-state index in [-0.39, 0.29) is 0 Å². The van der Waals surface area contributed by atoms with Gasteiger partial charge >= 0.3 is 0 Å². The minimum Gasteiger partial charge on any atom is -0.314 e. The fourth-order valence-electron chi connectivity index (χ4n) is 5.65. The van der Waals surface area contributed by atoms with Gasteiger partial charge in [-0.05, 0) is 55.8 Å². The minimum atomic E-state index is 0.433. The Balaban J connectivity index is 1.42. The molecule has 0 aromatic heterocycles. The molecule has 1 N–H and O–H groups in total. The van der Waals surface area contributed by atoms with Crippen molar-refractivity contribution in [2.24, 2.45) is 29.6 Å². The van der Waals surface area contributed by atoms with Crippen LogP contribution in [0.5, 0.6) is 0 Å². The van der Waals surface area contributed by atoms with Gasteiger partial charge in [0.1, 0.15) is 5.78 Å². The third-order valence-corrected chi connectivity index (χ3v) is 6.19. The highest BCUT2D eigenvalue weighted by Gasteiger charge is 2.50. The summed E-state index contributed by atoms with van der Waals surface area (Å²) < 4.78 is 0. The van der Waals surface area contributed by atoms with Gasteiger partial charge in [0, 0.05) is 32.1 Å². The predicted octanol–water partition coefficient (Wildman–Crippen LogP) is 1.53. The molecule has 0 atom stereocenters. The van der Waals surface area contributed by atoms with Crippen molar-refractivity contribution in [3.05, 3.63) is 0 Å². The lowest BCUT2D eigenvalue weighted by atomic mass is 9.51. The summed E-state index contributed by atoms with van der Waals surface area (Å²) in [5.74, 6) is 4.48. The van der Waals surface area contributed by atoms with Crippen molar-refractivity contribution in [2.45, 2.75) is 32.1 Å². The first-order valence-electron chi connectivity index (χ1n) is 8.25. The topological polar surface area (TPSA) is 32.3 Å². The summed E-state index contributed by atoms with van der Waals surface area (Å²) in [6, 6.07) is 0. The number of Topliss-reactive ketones (excluding diaryl/α,β-unsaturated/α-hetero) is 1. The van der Waals surface area contributed by atoms with Crippen LogP contribution < -0.4 is 5.32 Å². The molecule has 0 spiro atoms. The molecule has 106 valence electrons. The van der Waals surface area contributed by atoms with Gasteiger partial charge in [-0.1, -0.05) is 0 Å². The molecule has 0 aromatic rings. The maximum atomic E-state index is 12.7. The van der Waals surface area contributed by atoms with Crippen LogP contribution in [0.15, 0.2) is 0 Å². The van der Waals surface area contributed by atoms with Crippen molar-refractivity contribution < 1.29 is 4.79 Å². The van der Waals surface area contributed by atoms with Crippen molar-refractivity contribution in [1.82, 2.24) is 10.2 Å². The quantitative estimate of drug-likeness (QED) is 0.837. The highest BCUT2D eigenvalue weighted by atomic mass is 16.1. The molecule has 5 fully saturated rings. The van der Waals surface area contributed by atoms with E-state index in [1.54, 1.807) is 0 Å². The van der Waals surface area contributed by atoms with Crippen molar-refractivity contribution in [2.75, 3.05) is 32.7 Å². The standard InChI is InChI=1S/C16H26N2O/c19-15(10-18-3-1-17-2-4-18)16-13-6-11-5-12(8-13)9-14(16)7-11/h11-14,16-17H,1-10H2. The molecule has 0 aromatic carbocycles. The molecule has 0 unspecified atom stereocenters. The Morgan fingerprint density at radius 2 is 1.53 bits per heavy atom. The van der Waals surface area contributed by atoms with Gasteiger partial charge in [0.15, 0.2) is 0 Å². The van der Waals surface area contributed by atoms with Crippen LogP contribution in [0.3, 0.4) is 0 Å². The van der Waals surface area contributed by atoms with Gasteiger partial charge in [-0.2, -0.15) is 0 Å². The summed E-state index contributed by atoms with van der Waals surface area (Å²) in [5, 5.41) is 3.37. The fraction of sp³-hybridized carbons (Fsp3) is 0.938. The predicted molar refractivity (Wildman–Crippen MR) is 74.9 cm³/mol. The Hall–Kier alpha value is -0.410. The first kappa shape index (κ1) is 12.3. The molecular formula is C16H26N2O. The number of nitrogens with zero attached hydrogens (tertiary/aromatic N) is 1. The Kier molecular flexibility index (Phi) is 3.15. The maximum absolute atomic E-state index is 12.7. The molecule has 1 aliphatic heterocycles. The second-order valence-electron chi connectivity index (χ2n) is 7.45. The van der Waals surface area contributed by atoms with Crippen LogP contribution in [0.25, 0.3) is 0 Å². The average molecular weight is 262 g/mol. The molecule has 5 aliphatic rings. The summed E-state index contributed by atoms with van der Waals surface area (Å²) in [6.45, 7) is 4.94. The van der Waals surface area contributed by atoms with Crippen LogP contribution >= 0.6 is 0 Å². The number of rotatable bonds is 3. The van der Waals surface area contributed by atoms with E-state index in [1.165, 1.54) is 32.1 Å². The van der Waals surface area contributed by atoms with Crippen LogP contribution in [0.2, 0.25) is 0 Å². The zero-order valence-electron chi connectivity index (χ0n) is 11.8. The molecule has 0 radical (unpaired) electrons. The Labute approximate surface area is 116 Å². The Morgan fingerprint density at radius 3 is 2.11 bits per heavy atom. The highest BCUT2D eigenvalue weighted by Crippen LogP contribution is 2.56. The number of carbonyl (C=O) groups is 1. The van der Waals surface area contributed by atoms with Gasteiger partial charge in [-0.3, -0.25) is 9.69 Å². The van der Waals surface area contributed by atoms with Gasteiger partial charge in [0.2, 0.25) is 0 Å². The maximum Gasteiger partial charge on any atom is 0.150 e. The van der Waals surface area contributed by atoms with E-state index in [0.29, 0.717) is 11.7 Å². The smallest absolute Gasteiger partial charge is 0.150 e. The Morgan fingerprint density at radius 1 is 0.947 bits per heavy atom. The van der Waals surface area contributed by atoms with Crippen molar-refractivity contribution in [1.29, 1.82) is 0 Å². The van der Waals surface area contributed by atoms with Gasteiger partial charge in [0.25, 0.3) is 0 Å². The van der Waals surface area contributed by atoms with Crippen LogP contribution in [0, 0.1) is 29.6 Å². The zero-order valence-corrected chi connectivity index (χ0v) is 11.8. The second kappa shape index (κ2) is 4.85. The van der Waals surface area contributed by atoms with E-state index in [0.717, 1.165) is 56.4 Å². The highest BCUT2D eigenvalue weighted by molar-refractivity contribution is 5.84. The second-order valence-corrected chi connectivity index (χ2v) is 7.45. The van der Waals surface area contributed by atoms with Crippen molar-refractivity contribution >= 4 is 5.78 Å². The lowest BCUT2D eigenvalue weighted by Crippen LogP contribution is -2.52. The summed E-state index contributed by atoms with van der Waals surface area (Å²) in [7, 11) is 0. The largest absolute Gasteiger partial charge is 0.314 e. The number of carbonyl (C=O) groups excluding carboxylic acids is 1. The normalized spacial score (nSPS) is 45.6. The zero-order chi connectivity index (χ0) is 12.8. The molecular weight excluding hydrogens is 236 g/mol. The van der Waals surface area contributed by atoms with E-state index in [9.17, 15) is 4.79 Å². The number of ketones is 1. The molecule has 1 saturated heterocycles. The fourth-order valence-corrected chi connectivity index (χ4v) is 5.65. The lowest BCUT2D eigenvalue weighted by molar-refractivity contribution is -0.137. The third-order valence-electron chi connectivity index (χ3n) is 6.19. The van der Waals surface area contributed by atoms with E-state index >= 15 is 0 Å². The third kappa shape index (κ3) is 2.25. The summed E-state index contributed by atoms with van der Waals surface area (Å²) in [4.78, 5) is 15.1. The molecule has 4 aliphatic carbocycles. The first-order chi connectivity index (χ1) is 9.29. The van der Waals surface area contributed by atoms with E-state index < -0.39 is 0 Å². The summed E-state index contributed by atoms with van der Waals surface area (Å²) in [6.07, 6.45) is 6.94. The lowest BCUT2D eigenvalue weighted by Gasteiger charge is -2.54. The first-order valence-corrected chi connectivity index (χ1v) is 8.25. The number of piperazine rings is 1. The van der Waals surface area contributed by atoms with E-state index in [4.69, 9.17) is 0 Å². The van der Waals surface area contributed by atoms with Gasteiger partial charge < -0.3 is 5.32 Å². The molecule has 3 nitrogen and oxygen atoms in total. The van der Waals surface area contributed by atoms with Gasteiger partial charge in [-0.25, -0.2) is 0 Å². The van der Waals surface area contributed by atoms with Crippen LogP contribution in [-0.4, -0.2) is 43.4 Å². The molecule has 0 amide bonds. The molecule has 19 heavy (non-hydrogen) atoms. The van der Waals surface area contributed by atoms with Crippen LogP contribution in [-0.2, 0) is 4.79 Å². The molecule has 4 saturated carbocycles. The molecule has 3 heteroatoms. The average Bonchev–Trinajstić information content (AvgIpc) is 2.38. The number of hydrogen-bond acceptors (Lipinski definition) is 3. The molecule has 5 rings (SSSR count). The number of hydrogen-bond donors (Lipinski definition) is 1. The molecule has 4 bridgehead atoms. The molecule has 1 heterocycles. The minimum absolute atomic E-state index is 0.433. The SMILES string of the molecule is O=C(CN1CCNCC1)C1C2CC3CC(C2)CC1C3. The van der Waals surface area contributed by atoms with Crippen molar-refractivity contribution in [3.8, 4) is 0 Å². The van der Waals surface area contributed by atoms with Crippen LogP contribution in [0.1, 0.15) is 32.1 Å². The monoisotopic (exact) mass is 262 g/mol.